The lowest BCUT2D eigenvalue weighted by molar-refractivity contribution is -0.129. The molecule has 2 amide bonds. The fraction of sp³-hybridized carbons (Fsp3) is 0.440. The second-order valence-electron chi connectivity index (χ2n) is 8.84. The van der Waals surface area contributed by atoms with Crippen molar-refractivity contribution in [3.8, 4) is 0 Å². The van der Waals surface area contributed by atoms with Crippen molar-refractivity contribution in [2.45, 2.75) is 57.0 Å². The van der Waals surface area contributed by atoms with Gasteiger partial charge < -0.3 is 10.6 Å². The number of rotatable bonds is 9. The Kier molecular flexibility index (Phi) is 8.63. The van der Waals surface area contributed by atoms with Gasteiger partial charge in [-0.05, 0) is 42.0 Å². The van der Waals surface area contributed by atoms with Crippen molar-refractivity contribution in [1.29, 1.82) is 0 Å². The van der Waals surface area contributed by atoms with Crippen LogP contribution in [0.3, 0.4) is 0 Å². The highest BCUT2D eigenvalue weighted by atomic mass is 32.2. The average Bonchev–Trinajstić information content (AvgIpc) is 2.82. The fourth-order valence-electron chi connectivity index (χ4n) is 3.86. The third-order valence-electron chi connectivity index (χ3n) is 5.64. The maximum Gasteiger partial charge on any atom is 0.247 e. The molecule has 0 bridgehead atoms. The summed E-state index contributed by atoms with van der Waals surface area (Å²) in [4.78, 5) is 25.5. The van der Waals surface area contributed by atoms with E-state index in [1.165, 1.54) is 4.31 Å². The van der Waals surface area contributed by atoms with Crippen LogP contribution < -0.4 is 10.6 Å². The molecule has 1 fully saturated rings. The van der Waals surface area contributed by atoms with E-state index in [0.717, 1.165) is 24.8 Å². The summed E-state index contributed by atoms with van der Waals surface area (Å²) in [6.07, 6.45) is 3.18. The summed E-state index contributed by atoms with van der Waals surface area (Å²) in [6, 6.07) is 14.9. The van der Waals surface area contributed by atoms with Gasteiger partial charge in [-0.25, -0.2) is 8.42 Å². The molecule has 0 radical (unpaired) electrons. The second kappa shape index (κ2) is 11.4. The molecule has 1 heterocycles. The number of nitrogens with zero attached hydrogens (tertiary/aromatic N) is 1. The van der Waals surface area contributed by atoms with Crippen LogP contribution in [0.2, 0.25) is 0 Å². The van der Waals surface area contributed by atoms with Gasteiger partial charge in [-0.2, -0.15) is 4.31 Å². The molecular formula is C25H33N3O4S. The predicted molar refractivity (Wildman–Crippen MR) is 128 cm³/mol. The highest BCUT2D eigenvalue weighted by Crippen LogP contribution is 2.21. The van der Waals surface area contributed by atoms with E-state index in [0.29, 0.717) is 25.1 Å². The second-order valence-corrected chi connectivity index (χ2v) is 10.8. The van der Waals surface area contributed by atoms with Crippen molar-refractivity contribution in [1.82, 2.24) is 14.9 Å². The number of sulfonamides is 1. The van der Waals surface area contributed by atoms with Crippen LogP contribution in [0.15, 0.2) is 59.5 Å². The van der Waals surface area contributed by atoms with Crippen LogP contribution in [0.1, 0.15) is 56.7 Å². The smallest absolute Gasteiger partial charge is 0.247 e. The summed E-state index contributed by atoms with van der Waals surface area (Å²) in [5, 5.41) is 5.69. The minimum atomic E-state index is -3.48. The Morgan fingerprint density at radius 1 is 0.939 bits per heavy atom. The lowest BCUT2D eigenvalue weighted by Crippen LogP contribution is -2.40. The number of carbonyl (C=O) groups is 2. The Bertz CT molecular complexity index is 1030. The Morgan fingerprint density at radius 2 is 1.58 bits per heavy atom. The van der Waals surface area contributed by atoms with E-state index < -0.39 is 16.1 Å². The van der Waals surface area contributed by atoms with Crippen LogP contribution in [0.4, 0.5) is 0 Å². The predicted octanol–water partition coefficient (Wildman–Crippen LogP) is 3.38. The third-order valence-corrected chi connectivity index (χ3v) is 7.55. The van der Waals surface area contributed by atoms with E-state index in [1.807, 2.05) is 32.0 Å². The number of nitrogens with one attached hydrogen (secondary N) is 2. The number of piperidine rings is 1. The number of hydrogen-bond acceptors (Lipinski definition) is 4. The molecule has 8 heteroatoms. The lowest BCUT2D eigenvalue weighted by atomic mass is 10.0. The van der Waals surface area contributed by atoms with Gasteiger partial charge in [0.15, 0.2) is 0 Å². The lowest BCUT2D eigenvalue weighted by Gasteiger charge is -2.25. The van der Waals surface area contributed by atoms with Crippen molar-refractivity contribution in [2.24, 2.45) is 5.92 Å². The highest BCUT2D eigenvalue weighted by Gasteiger charge is 2.26. The normalized spacial score (nSPS) is 15.7. The summed E-state index contributed by atoms with van der Waals surface area (Å²) in [6.45, 7) is 5.25. The van der Waals surface area contributed by atoms with Gasteiger partial charge in [0, 0.05) is 26.1 Å². The van der Waals surface area contributed by atoms with Crippen molar-refractivity contribution >= 4 is 21.8 Å². The summed E-state index contributed by atoms with van der Waals surface area (Å²) >= 11 is 0. The van der Waals surface area contributed by atoms with E-state index >= 15 is 0 Å². The first-order valence-corrected chi connectivity index (χ1v) is 12.9. The third kappa shape index (κ3) is 6.88. The molecule has 1 atom stereocenters. The summed E-state index contributed by atoms with van der Waals surface area (Å²) in [7, 11) is -3.48. The molecule has 1 unspecified atom stereocenters. The first-order chi connectivity index (χ1) is 15.8. The molecule has 2 aromatic carbocycles. The number of hydrogen-bond donors (Lipinski definition) is 2. The van der Waals surface area contributed by atoms with Crippen LogP contribution in [-0.2, 0) is 26.2 Å². The minimum absolute atomic E-state index is 0.179. The van der Waals surface area contributed by atoms with Gasteiger partial charge in [0.2, 0.25) is 21.8 Å². The molecule has 2 aromatic rings. The molecule has 1 saturated heterocycles. The van der Waals surface area contributed by atoms with E-state index in [1.54, 1.807) is 36.4 Å². The topological polar surface area (TPSA) is 95.6 Å². The summed E-state index contributed by atoms with van der Waals surface area (Å²) in [5.41, 5.74) is 1.48. The number of benzene rings is 2. The average molecular weight is 472 g/mol. The Morgan fingerprint density at radius 3 is 2.18 bits per heavy atom. The molecule has 0 spiro atoms. The van der Waals surface area contributed by atoms with Gasteiger partial charge in [-0.1, -0.05) is 62.7 Å². The van der Waals surface area contributed by atoms with Gasteiger partial charge in [-0.3, -0.25) is 9.59 Å². The SMILES string of the molecule is CC(C)CC(=O)NC(C(=O)NCc1ccc(S(=O)(=O)N2CCCCC2)cc1)c1ccccc1. The van der Waals surface area contributed by atoms with Crippen LogP contribution in [0.5, 0.6) is 0 Å². The quantitative estimate of drug-likeness (QED) is 0.586. The first kappa shape index (κ1) is 24.9. The monoisotopic (exact) mass is 471 g/mol. The van der Waals surface area contributed by atoms with Crippen molar-refractivity contribution < 1.29 is 18.0 Å². The Hall–Kier alpha value is -2.71. The molecule has 0 aliphatic carbocycles. The van der Waals surface area contributed by atoms with E-state index in [4.69, 9.17) is 0 Å². The van der Waals surface area contributed by atoms with Crippen LogP contribution >= 0.6 is 0 Å². The molecule has 1 aliphatic heterocycles. The van der Waals surface area contributed by atoms with Crippen molar-refractivity contribution in [3.05, 3.63) is 65.7 Å². The maximum atomic E-state index is 12.9. The van der Waals surface area contributed by atoms with Gasteiger partial charge in [0.1, 0.15) is 6.04 Å². The van der Waals surface area contributed by atoms with Gasteiger partial charge >= 0.3 is 0 Å². The zero-order valence-electron chi connectivity index (χ0n) is 19.3. The zero-order chi connectivity index (χ0) is 23.8. The molecule has 33 heavy (non-hydrogen) atoms. The van der Waals surface area contributed by atoms with Crippen LogP contribution in [0.25, 0.3) is 0 Å². The highest BCUT2D eigenvalue weighted by molar-refractivity contribution is 7.89. The molecule has 0 aromatic heterocycles. The van der Waals surface area contributed by atoms with Gasteiger partial charge in [0.25, 0.3) is 0 Å². The minimum Gasteiger partial charge on any atom is -0.350 e. The standard InChI is InChI=1S/C25H33N3O4S/c1-19(2)17-23(29)27-24(21-9-5-3-6-10-21)25(30)26-18-20-11-13-22(14-12-20)33(31,32)28-15-7-4-8-16-28/h3,5-6,9-14,19,24H,4,7-8,15-18H2,1-2H3,(H,26,30)(H,27,29). The summed E-state index contributed by atoms with van der Waals surface area (Å²) in [5.74, 6) is -0.311. The zero-order valence-corrected chi connectivity index (χ0v) is 20.1. The van der Waals surface area contributed by atoms with E-state index in [2.05, 4.69) is 10.6 Å². The van der Waals surface area contributed by atoms with Gasteiger partial charge in [-0.15, -0.1) is 0 Å². The Labute approximate surface area is 196 Å². The fourth-order valence-corrected chi connectivity index (χ4v) is 5.38. The molecule has 1 aliphatic rings. The van der Waals surface area contributed by atoms with Crippen LogP contribution in [0, 0.1) is 5.92 Å². The molecule has 7 nitrogen and oxygen atoms in total. The largest absolute Gasteiger partial charge is 0.350 e. The number of amides is 2. The van der Waals surface area contributed by atoms with Crippen molar-refractivity contribution in [2.75, 3.05) is 13.1 Å². The first-order valence-electron chi connectivity index (χ1n) is 11.5. The van der Waals surface area contributed by atoms with E-state index in [9.17, 15) is 18.0 Å². The van der Waals surface area contributed by atoms with Crippen LogP contribution in [-0.4, -0.2) is 37.6 Å². The molecule has 0 saturated carbocycles. The maximum absolute atomic E-state index is 12.9. The molecule has 3 rings (SSSR count). The number of carbonyl (C=O) groups excluding carboxylic acids is 2. The van der Waals surface area contributed by atoms with Gasteiger partial charge in [0.05, 0.1) is 4.90 Å². The molecular weight excluding hydrogens is 438 g/mol. The Balaban J connectivity index is 1.65. The van der Waals surface area contributed by atoms with Crippen molar-refractivity contribution in [3.63, 3.8) is 0 Å². The summed E-state index contributed by atoms with van der Waals surface area (Å²) < 4.78 is 27.2. The van der Waals surface area contributed by atoms with E-state index in [-0.39, 0.29) is 29.2 Å². The molecule has 2 N–H and O–H groups in total. The molecule has 178 valence electrons.